The highest BCUT2D eigenvalue weighted by Crippen LogP contribution is 2.24. The van der Waals surface area contributed by atoms with Gasteiger partial charge < -0.3 is 10.1 Å². The minimum atomic E-state index is -4.79. The standard InChI is InChI=1S/C19H14F3N3O3/c1-25-16(13-4-2-12(11-26)3-5-13)10-17(24-25)23-18(27)14-6-8-15(9-7-14)28-19(20,21)22/h2-11H,1H3,(H,23,24,27). The van der Waals surface area contributed by atoms with E-state index in [1.54, 1.807) is 42.1 Å². The number of anilines is 1. The van der Waals surface area contributed by atoms with Gasteiger partial charge in [0.1, 0.15) is 12.0 Å². The fraction of sp³-hybridized carbons (Fsp3) is 0.105. The SMILES string of the molecule is Cn1nc(NC(=O)c2ccc(OC(F)(F)F)cc2)cc1-c1ccc(C=O)cc1. The van der Waals surface area contributed by atoms with Gasteiger partial charge in [-0.1, -0.05) is 24.3 Å². The van der Waals surface area contributed by atoms with Crippen LogP contribution in [0, 0.1) is 0 Å². The molecule has 0 aliphatic rings. The largest absolute Gasteiger partial charge is 0.573 e. The van der Waals surface area contributed by atoms with Crippen molar-refractivity contribution in [2.45, 2.75) is 6.36 Å². The predicted octanol–water partition coefficient (Wildman–Crippen LogP) is 4.05. The molecular weight excluding hydrogens is 375 g/mol. The summed E-state index contributed by atoms with van der Waals surface area (Å²) in [4.78, 5) is 23.0. The maximum absolute atomic E-state index is 12.3. The van der Waals surface area contributed by atoms with Gasteiger partial charge in [-0.2, -0.15) is 5.10 Å². The minimum Gasteiger partial charge on any atom is -0.406 e. The average molecular weight is 389 g/mol. The summed E-state index contributed by atoms with van der Waals surface area (Å²) in [5, 5.41) is 6.79. The lowest BCUT2D eigenvalue weighted by molar-refractivity contribution is -0.274. The number of ether oxygens (including phenoxy) is 1. The van der Waals surface area contributed by atoms with Gasteiger partial charge in [-0.25, -0.2) is 0 Å². The van der Waals surface area contributed by atoms with Crippen LogP contribution < -0.4 is 10.1 Å². The zero-order valence-electron chi connectivity index (χ0n) is 14.5. The van der Waals surface area contributed by atoms with Crippen LogP contribution in [0.4, 0.5) is 19.0 Å². The van der Waals surface area contributed by atoms with E-state index in [4.69, 9.17) is 0 Å². The Labute approximate surface area is 157 Å². The van der Waals surface area contributed by atoms with Gasteiger partial charge in [-0.15, -0.1) is 13.2 Å². The molecule has 0 fully saturated rings. The molecule has 0 aliphatic heterocycles. The number of benzene rings is 2. The Morgan fingerprint density at radius 3 is 2.32 bits per heavy atom. The zero-order valence-corrected chi connectivity index (χ0v) is 14.5. The van der Waals surface area contributed by atoms with E-state index in [9.17, 15) is 22.8 Å². The van der Waals surface area contributed by atoms with E-state index >= 15 is 0 Å². The number of nitrogens with one attached hydrogen (secondary N) is 1. The first-order valence-corrected chi connectivity index (χ1v) is 8.02. The normalized spacial score (nSPS) is 11.1. The Morgan fingerprint density at radius 1 is 1.11 bits per heavy atom. The van der Waals surface area contributed by atoms with E-state index in [-0.39, 0.29) is 11.4 Å². The molecule has 1 aromatic heterocycles. The second-order valence-corrected chi connectivity index (χ2v) is 5.80. The van der Waals surface area contributed by atoms with Gasteiger partial charge in [-0.3, -0.25) is 14.3 Å². The molecule has 6 nitrogen and oxygen atoms in total. The van der Waals surface area contributed by atoms with Crippen LogP contribution in [0.2, 0.25) is 0 Å². The van der Waals surface area contributed by atoms with Crippen LogP contribution >= 0.6 is 0 Å². The smallest absolute Gasteiger partial charge is 0.406 e. The van der Waals surface area contributed by atoms with Crippen LogP contribution in [0.15, 0.2) is 54.6 Å². The van der Waals surface area contributed by atoms with E-state index in [2.05, 4.69) is 15.2 Å². The number of halogens is 3. The fourth-order valence-corrected chi connectivity index (χ4v) is 2.53. The maximum Gasteiger partial charge on any atom is 0.573 e. The third-order valence-corrected chi connectivity index (χ3v) is 3.81. The van der Waals surface area contributed by atoms with Crippen molar-refractivity contribution in [3.05, 3.63) is 65.7 Å². The number of amides is 1. The molecule has 0 radical (unpaired) electrons. The molecule has 1 heterocycles. The highest BCUT2D eigenvalue weighted by Gasteiger charge is 2.31. The van der Waals surface area contributed by atoms with Crippen molar-refractivity contribution in [2.75, 3.05) is 5.32 Å². The van der Waals surface area contributed by atoms with E-state index in [1.807, 2.05) is 0 Å². The predicted molar refractivity (Wildman–Crippen MR) is 95.1 cm³/mol. The monoisotopic (exact) mass is 389 g/mol. The second-order valence-electron chi connectivity index (χ2n) is 5.80. The minimum absolute atomic E-state index is 0.150. The van der Waals surface area contributed by atoms with Gasteiger partial charge in [0.05, 0.1) is 5.69 Å². The quantitative estimate of drug-likeness (QED) is 0.668. The lowest BCUT2D eigenvalue weighted by Crippen LogP contribution is -2.17. The first-order chi connectivity index (χ1) is 13.2. The number of carbonyl (C=O) groups is 2. The number of hydrogen-bond acceptors (Lipinski definition) is 4. The number of carbonyl (C=O) groups excluding carboxylic acids is 2. The van der Waals surface area contributed by atoms with Crippen LogP contribution in [0.5, 0.6) is 5.75 Å². The average Bonchev–Trinajstić information content (AvgIpc) is 3.01. The molecule has 144 valence electrons. The number of alkyl halides is 3. The van der Waals surface area contributed by atoms with Crippen LogP contribution in [0.3, 0.4) is 0 Å². The van der Waals surface area contributed by atoms with Crippen molar-refractivity contribution in [2.24, 2.45) is 7.05 Å². The van der Waals surface area contributed by atoms with Crippen molar-refractivity contribution in [1.29, 1.82) is 0 Å². The molecule has 0 spiro atoms. The van der Waals surface area contributed by atoms with E-state index < -0.39 is 18.0 Å². The molecule has 9 heteroatoms. The summed E-state index contributed by atoms with van der Waals surface area (Å²) in [5.74, 6) is -0.667. The second kappa shape index (κ2) is 7.55. The lowest BCUT2D eigenvalue weighted by Gasteiger charge is -2.09. The van der Waals surface area contributed by atoms with Crippen LogP contribution in [-0.2, 0) is 7.05 Å². The molecular formula is C19H14F3N3O3. The number of rotatable bonds is 5. The molecule has 0 unspecified atom stereocenters. The number of aryl methyl sites for hydroxylation is 1. The Hall–Kier alpha value is -3.62. The van der Waals surface area contributed by atoms with E-state index in [0.717, 1.165) is 24.0 Å². The number of hydrogen-bond donors (Lipinski definition) is 1. The summed E-state index contributed by atoms with van der Waals surface area (Å²) in [6.45, 7) is 0. The number of nitrogens with zero attached hydrogens (tertiary/aromatic N) is 2. The van der Waals surface area contributed by atoms with Crippen LogP contribution in [-0.4, -0.2) is 28.3 Å². The molecule has 0 aliphatic carbocycles. The Morgan fingerprint density at radius 2 is 1.75 bits per heavy atom. The molecule has 2 aromatic carbocycles. The highest BCUT2D eigenvalue weighted by molar-refractivity contribution is 6.04. The van der Waals surface area contributed by atoms with Crippen molar-refractivity contribution >= 4 is 18.0 Å². The van der Waals surface area contributed by atoms with Crippen molar-refractivity contribution in [1.82, 2.24) is 9.78 Å². The Bertz CT molecular complexity index is 994. The number of aldehydes is 1. The number of aromatic nitrogens is 2. The van der Waals surface area contributed by atoms with Crippen LogP contribution in [0.1, 0.15) is 20.7 Å². The summed E-state index contributed by atoms with van der Waals surface area (Å²) in [6, 6.07) is 13.0. The third-order valence-electron chi connectivity index (χ3n) is 3.81. The summed E-state index contributed by atoms with van der Waals surface area (Å²) >= 11 is 0. The molecule has 28 heavy (non-hydrogen) atoms. The Balaban J connectivity index is 1.73. The zero-order chi connectivity index (χ0) is 20.3. The van der Waals surface area contributed by atoms with Crippen molar-refractivity contribution in [3.63, 3.8) is 0 Å². The van der Waals surface area contributed by atoms with Gasteiger partial charge in [0.15, 0.2) is 5.82 Å². The van der Waals surface area contributed by atoms with Crippen molar-refractivity contribution in [3.8, 4) is 17.0 Å². The molecule has 0 saturated carbocycles. The summed E-state index contributed by atoms with van der Waals surface area (Å²) < 4.78 is 41.9. The molecule has 1 amide bonds. The summed E-state index contributed by atoms with van der Waals surface area (Å²) in [7, 11) is 1.70. The topological polar surface area (TPSA) is 73.2 Å². The first-order valence-electron chi connectivity index (χ1n) is 8.02. The summed E-state index contributed by atoms with van der Waals surface area (Å²) in [6.07, 6.45) is -4.05. The van der Waals surface area contributed by atoms with Gasteiger partial charge in [0.2, 0.25) is 0 Å². The maximum atomic E-state index is 12.3. The molecule has 0 atom stereocenters. The molecule has 1 N–H and O–H groups in total. The van der Waals surface area contributed by atoms with Gasteiger partial charge in [0, 0.05) is 24.2 Å². The van der Waals surface area contributed by atoms with Gasteiger partial charge in [0.25, 0.3) is 5.91 Å². The van der Waals surface area contributed by atoms with Crippen molar-refractivity contribution < 1.29 is 27.5 Å². The third kappa shape index (κ3) is 4.56. The van der Waals surface area contributed by atoms with Crippen LogP contribution in [0.25, 0.3) is 11.3 Å². The van der Waals surface area contributed by atoms with E-state index in [0.29, 0.717) is 11.3 Å². The highest BCUT2D eigenvalue weighted by atomic mass is 19.4. The fourth-order valence-electron chi connectivity index (χ4n) is 2.53. The van der Waals surface area contributed by atoms with Gasteiger partial charge >= 0.3 is 6.36 Å². The van der Waals surface area contributed by atoms with E-state index in [1.165, 1.54) is 12.1 Å². The lowest BCUT2D eigenvalue weighted by atomic mass is 10.1. The molecule has 3 rings (SSSR count). The first kappa shape index (κ1) is 19.2. The molecule has 3 aromatic rings. The molecule has 0 bridgehead atoms. The van der Waals surface area contributed by atoms with Gasteiger partial charge in [-0.05, 0) is 29.8 Å². The summed E-state index contributed by atoms with van der Waals surface area (Å²) in [5.41, 5.74) is 2.20. The molecule has 0 saturated heterocycles. The Kier molecular flexibility index (Phi) is 5.16.